The van der Waals surface area contributed by atoms with E-state index in [2.05, 4.69) is 199 Å². The summed E-state index contributed by atoms with van der Waals surface area (Å²) in [5.74, 6) is 4.68. The van der Waals surface area contributed by atoms with Crippen molar-refractivity contribution >= 4 is 46.1 Å². The average Bonchev–Trinajstić information content (AvgIpc) is 0.763. The molecule has 144 heavy (non-hydrogen) atoms. The third-order valence-electron chi connectivity index (χ3n) is 23.8. The van der Waals surface area contributed by atoms with E-state index in [9.17, 15) is 44.9 Å². The Hall–Kier alpha value is -9.24. The fourth-order valence-corrected chi connectivity index (χ4v) is 19.1. The number of carbonyl (C=O) groups excluding carboxylic acids is 2. The molecule has 0 amide bonds. The van der Waals surface area contributed by atoms with Crippen LogP contribution < -0.4 is 44.9 Å². The first-order valence-corrected chi connectivity index (χ1v) is 52.9. The number of ether oxygens (including phenoxy) is 7. The minimum absolute atomic E-state index is 0. The number of sulfone groups is 2. The fraction of sp³-hybridized carbons (Fsp3) is 0.525. The van der Waals surface area contributed by atoms with Gasteiger partial charge in [-0.15, -0.1) is 4.79 Å². The zero-order valence-corrected chi connectivity index (χ0v) is 86.7. The van der Waals surface area contributed by atoms with Crippen LogP contribution in [0.3, 0.4) is 0 Å². The van der Waals surface area contributed by atoms with Gasteiger partial charge in [-0.2, -0.15) is 0 Å². The van der Waals surface area contributed by atoms with Crippen molar-refractivity contribution < 1.29 is 109 Å². The van der Waals surface area contributed by atoms with E-state index in [1.54, 1.807) is 52.0 Å². The number of nitrogens with zero attached hydrogens (tertiary/aromatic N) is 2. The molecule has 0 heterocycles. The molecule has 0 radical (unpaired) electrons. The van der Waals surface area contributed by atoms with Gasteiger partial charge in [-0.3, -0.25) is 9.59 Å². The van der Waals surface area contributed by atoms with Crippen molar-refractivity contribution in [3.8, 4) is 40.2 Å². The zero-order valence-electron chi connectivity index (χ0n) is 82.1. The Labute approximate surface area is 889 Å². The number of rotatable bonds is 28. The highest BCUT2D eigenvalue weighted by molar-refractivity contribution is 8.31. The molecule has 9 aromatic rings. The SMILES string of the molecule is C.C.C.C.C.C.C.C.C.C.C.C.CC(C)(C)c1ccc([I+]c2ccc(C(C)(C)C)cc2)cc1.CCC(C)(C)C(=O)Oc1ccc(S(=O)(=O)C(=[N+]=[N-])S(=O)(=O)c2ccc(OC)cc2)cc1.CCC(C)(C)C(=O)Oc1ccc(S(=O)(=O)[O-])cc1.CCC(C)c1ccc(O)cc1.CCC(C)c1ccc(O)cc1.CCC(C)c1ccc(OC(C)OC2CCCCC2)cc1.CCC(C)c1ccc(OC(C)OC2CCCCC2)cc1. The van der Waals surface area contributed by atoms with Crippen LogP contribution in [0.5, 0.6) is 40.2 Å². The van der Waals surface area contributed by atoms with E-state index >= 15 is 0 Å². The van der Waals surface area contributed by atoms with Crippen LogP contribution in [-0.2, 0) is 59.7 Å². The summed E-state index contributed by atoms with van der Waals surface area (Å²) >= 11 is -0.0703. The maximum Gasteiger partial charge on any atom is 0.504 e. The molecule has 6 unspecified atom stereocenters. The maximum atomic E-state index is 12.8. The highest BCUT2D eigenvalue weighted by Crippen LogP contribution is 2.33. The van der Waals surface area contributed by atoms with E-state index in [4.69, 9.17) is 43.4 Å². The predicted octanol–water partition coefficient (Wildman–Crippen LogP) is 31.2. The minimum Gasteiger partial charge on any atom is -0.744 e. The number of hydrogen-bond donors (Lipinski definition) is 2. The third kappa shape index (κ3) is 50.9. The Bertz CT molecular complexity index is 5130. The molecule has 6 atom stereocenters. The summed E-state index contributed by atoms with van der Waals surface area (Å²) < 4.78 is 124. The van der Waals surface area contributed by atoms with E-state index in [1.807, 2.05) is 52.0 Å². The maximum absolute atomic E-state index is 12.8. The highest BCUT2D eigenvalue weighted by atomic mass is 127. The van der Waals surface area contributed by atoms with Crippen LogP contribution in [0.4, 0.5) is 0 Å². The van der Waals surface area contributed by atoms with E-state index < -0.39 is 66.7 Å². The molecule has 2 fully saturated rings. The number of benzene rings is 9. The van der Waals surface area contributed by atoms with Gasteiger partial charge >= 0.3 is 37.5 Å². The molecule has 2 N–H and O–H groups in total. The lowest BCUT2D eigenvalue weighted by Crippen LogP contribution is -3.61. The number of halogens is 1. The Balaban J connectivity index is -0.000000251. The molecule has 11 rings (SSSR count). The number of hydrogen-bond acceptors (Lipinski definition) is 18. The van der Waals surface area contributed by atoms with Crippen LogP contribution in [0.1, 0.15) is 401 Å². The summed E-state index contributed by atoms with van der Waals surface area (Å²) in [6.07, 6.45) is 18.8. The summed E-state index contributed by atoms with van der Waals surface area (Å²) in [6.45, 7) is 45.9. The predicted molar refractivity (Wildman–Crippen MR) is 605 cm³/mol. The van der Waals surface area contributed by atoms with Gasteiger partial charge in [0, 0.05) is 0 Å². The standard InChI is InChI=1S/C20H26I.C20H22N2O7S2.2C18H28O2.C12H16O5S.2C10H14O.12CH4/c1-19(2,3)15-7-11-17(12-8-15)21-18-13-9-16(10-14-18)20(4,5)6;1-5-20(2,3)18(23)29-15-8-12-17(13-9-15)31(26,27)19(22-21)30(24,25)16-10-6-14(28-4)7-11-16;2*1-4-14(2)16-10-12-18(13-11-16)20-15(3)19-17-8-6-5-7-9-17;1-4-12(2,3)11(13)17-9-5-7-10(8-6-9)18(14,15)16;2*1-3-8(2)9-4-6-10(11)7-5-9;;;;;;;;;;;;/h7-14H,1-6H3;6-13H,5H2,1-4H3;2*10-15,17H,4-9H2,1-3H3;5-8H,4H2,1-3H3,(H,14,15,16);2*4-8,11H,3H2,1-2H3;12*1H4/q+1;;;;;;;;;;;;;;;;;;/p-1. The van der Waals surface area contributed by atoms with E-state index in [0.717, 1.165) is 60.7 Å². The molecule has 0 bridgehead atoms. The summed E-state index contributed by atoms with van der Waals surface area (Å²) in [5.41, 5.74) is 16.6. The first kappa shape index (κ1) is 150. The second kappa shape index (κ2) is 72.2. The van der Waals surface area contributed by atoms with Gasteiger partial charge in [0.1, 0.15) is 50.4 Å². The highest BCUT2D eigenvalue weighted by Gasteiger charge is 2.44. The largest absolute Gasteiger partial charge is 0.744 e. The molecule has 818 valence electrons. The van der Waals surface area contributed by atoms with Crippen molar-refractivity contribution in [1.82, 2.24) is 0 Å². The molecule has 2 aliphatic carbocycles. The van der Waals surface area contributed by atoms with Gasteiger partial charge < -0.3 is 53.5 Å². The van der Waals surface area contributed by atoms with Crippen LogP contribution in [0, 0.1) is 18.0 Å². The van der Waals surface area contributed by atoms with Gasteiger partial charge in [-0.25, -0.2) is 25.3 Å². The third-order valence-corrected chi connectivity index (χ3v) is 31.6. The number of phenols is 2. The van der Waals surface area contributed by atoms with Crippen molar-refractivity contribution in [3.63, 3.8) is 0 Å². The first-order valence-electron chi connectivity index (χ1n) is 46.3. The number of phenolic OH excluding ortho intramolecular Hbond substituents is 2. The summed E-state index contributed by atoms with van der Waals surface area (Å²) in [4.78, 5) is 25.3. The number of methoxy groups -OCH3 is 1. The van der Waals surface area contributed by atoms with Crippen LogP contribution in [0.25, 0.3) is 5.53 Å². The summed E-state index contributed by atoms with van der Waals surface area (Å²) in [5, 5.41) is 18.0. The lowest BCUT2D eigenvalue weighted by molar-refractivity contribution is -0.597. The van der Waals surface area contributed by atoms with E-state index in [-0.39, 0.29) is 150 Å². The van der Waals surface area contributed by atoms with Crippen LogP contribution in [-0.4, -0.2) is 93.0 Å². The van der Waals surface area contributed by atoms with Crippen LogP contribution >= 0.6 is 0 Å². The molecular formula is C120H195IN2O18S3. The summed E-state index contributed by atoms with van der Waals surface area (Å²) in [6, 6.07) is 64.4. The molecule has 0 aromatic heterocycles. The smallest absolute Gasteiger partial charge is 0.504 e. The molecule has 2 aliphatic rings. The molecule has 0 saturated heterocycles. The van der Waals surface area contributed by atoms with Crippen molar-refractivity contribution in [3.05, 3.63) is 264 Å². The van der Waals surface area contributed by atoms with Gasteiger partial charge in [-0.05, 0) is 319 Å². The Morgan fingerprint density at radius 1 is 0.368 bits per heavy atom. The van der Waals surface area contributed by atoms with Gasteiger partial charge in [0.15, 0.2) is 19.7 Å². The number of carbonyl (C=O) groups is 2. The van der Waals surface area contributed by atoms with Crippen molar-refractivity contribution in [2.75, 3.05) is 7.11 Å². The average molecular weight is 2180 g/mol. The van der Waals surface area contributed by atoms with Gasteiger partial charge in [0.25, 0.3) is 19.7 Å². The van der Waals surface area contributed by atoms with Crippen molar-refractivity contribution in [2.24, 2.45) is 10.8 Å². The number of aromatic hydroxyl groups is 2. The second-order valence-electron chi connectivity index (χ2n) is 37.0. The van der Waals surface area contributed by atoms with Gasteiger partial charge in [0.2, 0.25) is 0 Å². The lowest BCUT2D eigenvalue weighted by atomic mass is 9.87. The molecule has 24 heteroatoms. The Kier molecular flexibility index (Phi) is 75.2. The molecule has 2 saturated carbocycles. The Morgan fingerprint density at radius 2 is 0.611 bits per heavy atom. The van der Waals surface area contributed by atoms with Crippen molar-refractivity contribution in [1.29, 1.82) is 0 Å². The zero-order chi connectivity index (χ0) is 98.4. The van der Waals surface area contributed by atoms with Crippen LogP contribution in [0.15, 0.2) is 233 Å². The minimum atomic E-state index is -4.71. The molecule has 9 aromatic carbocycles. The lowest BCUT2D eigenvalue weighted by Gasteiger charge is -2.26. The molecule has 0 spiro atoms. The van der Waals surface area contributed by atoms with E-state index in [0.29, 0.717) is 66.0 Å². The normalized spacial score (nSPS) is 13.3. The summed E-state index contributed by atoms with van der Waals surface area (Å²) in [7, 11) is -12.5. The fourth-order valence-electron chi connectivity index (χ4n) is 13.2. The molecule has 20 nitrogen and oxygen atoms in total. The molecular weight excluding hydrogens is 1980 g/mol. The monoisotopic (exact) mass is 2180 g/mol. The molecule has 0 aliphatic heterocycles. The van der Waals surface area contributed by atoms with Gasteiger partial charge in [0.05, 0.1) is 44.8 Å². The van der Waals surface area contributed by atoms with Crippen molar-refractivity contribution in [2.45, 2.75) is 418 Å². The Morgan fingerprint density at radius 3 is 0.840 bits per heavy atom. The van der Waals surface area contributed by atoms with Crippen LogP contribution in [0.2, 0.25) is 0 Å². The first-order chi connectivity index (χ1) is 62.1. The number of esters is 2. The van der Waals surface area contributed by atoms with E-state index in [1.165, 1.54) is 161 Å². The van der Waals surface area contributed by atoms with Gasteiger partial charge in [-0.1, -0.05) is 311 Å². The quantitative estimate of drug-likeness (QED) is 0.00530. The second-order valence-corrected chi connectivity index (χ2v) is 45.4. The topological polar surface area (TPSA) is 301 Å².